The molecule has 1 saturated carbocycles. The van der Waals surface area contributed by atoms with E-state index in [1.807, 2.05) is 0 Å². The molecule has 140 valence electrons. The molecule has 2 aromatic rings. The summed E-state index contributed by atoms with van der Waals surface area (Å²) in [5.74, 6) is 1.15. The second-order valence-corrected chi connectivity index (χ2v) is 7.07. The van der Waals surface area contributed by atoms with E-state index in [4.69, 9.17) is 9.47 Å². The van der Waals surface area contributed by atoms with Gasteiger partial charge in [0.15, 0.2) is 0 Å². The smallest absolute Gasteiger partial charge is 0.274 e. The zero-order valence-electron chi connectivity index (χ0n) is 14.7. The molecule has 26 heavy (non-hydrogen) atoms. The number of rotatable bonds is 6. The predicted molar refractivity (Wildman–Crippen MR) is 91.9 cm³/mol. The second kappa shape index (κ2) is 7.16. The first-order valence-corrected chi connectivity index (χ1v) is 9.02. The standard InChI is InChI=1S/C17H23N5O4/c1-10-6-16(24)22-17(18-10)20-14(21-22)7-15(23)19-12-9-25-5-4-13(12)26-8-11-2-3-11/h6,11-13H,2-5,7-9H2,1H3,(H,19,23)(H,18,20,21)/t12-,13+/m1/s1. The van der Waals surface area contributed by atoms with E-state index in [-0.39, 0.29) is 35.8 Å². The van der Waals surface area contributed by atoms with Crippen LogP contribution in [0.2, 0.25) is 0 Å². The third-order valence-electron chi connectivity index (χ3n) is 4.72. The molecule has 1 amide bonds. The molecule has 1 aliphatic carbocycles. The molecule has 2 aliphatic rings. The quantitative estimate of drug-likeness (QED) is 0.747. The molecule has 1 aliphatic heterocycles. The Morgan fingerprint density at radius 2 is 2.27 bits per heavy atom. The van der Waals surface area contributed by atoms with E-state index in [0.717, 1.165) is 13.0 Å². The second-order valence-electron chi connectivity index (χ2n) is 7.07. The van der Waals surface area contributed by atoms with Crippen molar-refractivity contribution in [3.05, 3.63) is 27.9 Å². The third-order valence-corrected chi connectivity index (χ3v) is 4.72. The first-order chi connectivity index (χ1) is 12.6. The molecule has 1 saturated heterocycles. The van der Waals surface area contributed by atoms with E-state index in [9.17, 15) is 9.59 Å². The summed E-state index contributed by atoms with van der Waals surface area (Å²) in [6.07, 6.45) is 3.27. The van der Waals surface area contributed by atoms with Crippen LogP contribution in [0.15, 0.2) is 10.9 Å². The zero-order valence-corrected chi connectivity index (χ0v) is 14.7. The highest BCUT2D eigenvalue weighted by molar-refractivity contribution is 5.78. The number of nitrogens with one attached hydrogen (secondary N) is 2. The van der Waals surface area contributed by atoms with Gasteiger partial charge in [-0.1, -0.05) is 0 Å². The topological polar surface area (TPSA) is 111 Å². The van der Waals surface area contributed by atoms with Crippen LogP contribution in [0.25, 0.3) is 5.78 Å². The monoisotopic (exact) mass is 361 g/mol. The number of carbonyl (C=O) groups excluding carboxylic acids is 1. The Morgan fingerprint density at radius 1 is 1.42 bits per heavy atom. The first kappa shape index (κ1) is 17.2. The summed E-state index contributed by atoms with van der Waals surface area (Å²) in [5, 5.41) is 5.80. The van der Waals surface area contributed by atoms with E-state index < -0.39 is 0 Å². The van der Waals surface area contributed by atoms with Crippen LogP contribution >= 0.6 is 0 Å². The predicted octanol–water partition coefficient (Wildman–Crippen LogP) is -0.0312. The van der Waals surface area contributed by atoms with Crippen molar-refractivity contribution in [2.45, 2.75) is 44.8 Å². The van der Waals surface area contributed by atoms with Crippen LogP contribution < -0.4 is 10.9 Å². The Kier molecular flexibility index (Phi) is 4.73. The first-order valence-electron chi connectivity index (χ1n) is 9.02. The van der Waals surface area contributed by atoms with Gasteiger partial charge < -0.3 is 14.8 Å². The summed E-state index contributed by atoms with van der Waals surface area (Å²) in [6.45, 7) is 3.59. The Labute approximate surface area is 150 Å². The normalized spacial score (nSPS) is 23.3. The van der Waals surface area contributed by atoms with Crippen LogP contribution in [-0.2, 0) is 20.7 Å². The van der Waals surface area contributed by atoms with E-state index in [2.05, 4.69) is 20.4 Å². The molecule has 2 N–H and O–H groups in total. The van der Waals surface area contributed by atoms with Crippen molar-refractivity contribution in [1.29, 1.82) is 0 Å². The summed E-state index contributed by atoms with van der Waals surface area (Å²) in [6, 6.07) is 1.25. The largest absolute Gasteiger partial charge is 0.379 e. The van der Waals surface area contributed by atoms with Gasteiger partial charge in [0.1, 0.15) is 5.82 Å². The van der Waals surface area contributed by atoms with Gasteiger partial charge in [-0.25, -0.2) is 4.98 Å². The summed E-state index contributed by atoms with van der Waals surface area (Å²) in [7, 11) is 0. The Morgan fingerprint density at radius 3 is 3.08 bits per heavy atom. The van der Waals surface area contributed by atoms with Crippen LogP contribution in [0.5, 0.6) is 0 Å². The number of ether oxygens (including phenoxy) is 2. The maximum absolute atomic E-state index is 12.4. The molecule has 0 aromatic carbocycles. The minimum atomic E-state index is -0.249. The molecular weight excluding hydrogens is 338 g/mol. The van der Waals surface area contributed by atoms with Gasteiger partial charge in [-0.05, 0) is 32.1 Å². The summed E-state index contributed by atoms with van der Waals surface area (Å²) < 4.78 is 12.7. The minimum absolute atomic E-state index is 0.0177. The minimum Gasteiger partial charge on any atom is -0.379 e. The molecule has 2 fully saturated rings. The van der Waals surface area contributed by atoms with E-state index in [1.165, 1.54) is 23.4 Å². The van der Waals surface area contributed by atoms with E-state index >= 15 is 0 Å². The van der Waals surface area contributed by atoms with Crippen molar-refractivity contribution >= 4 is 11.7 Å². The number of aromatic nitrogens is 4. The van der Waals surface area contributed by atoms with Crippen molar-refractivity contribution in [1.82, 2.24) is 24.9 Å². The van der Waals surface area contributed by atoms with Crippen LogP contribution in [0.4, 0.5) is 0 Å². The number of aromatic amines is 1. The molecule has 2 aromatic heterocycles. The number of nitrogens with zero attached hydrogens (tertiary/aromatic N) is 3. The van der Waals surface area contributed by atoms with Crippen molar-refractivity contribution in [3.63, 3.8) is 0 Å². The zero-order chi connectivity index (χ0) is 18.1. The Hall–Kier alpha value is -2.26. The number of amides is 1. The molecule has 0 bridgehead atoms. The molecule has 9 heteroatoms. The van der Waals surface area contributed by atoms with Gasteiger partial charge in [0.25, 0.3) is 11.3 Å². The lowest BCUT2D eigenvalue weighted by Crippen LogP contribution is -2.51. The SMILES string of the molecule is Cc1cc(=O)n2[nH]c(CC(=O)N[C@@H]3COCC[C@@H]3OCC3CC3)nc2n1. The number of H-pyrrole nitrogens is 1. The fourth-order valence-corrected chi connectivity index (χ4v) is 3.12. The average Bonchev–Trinajstić information content (AvgIpc) is 3.33. The summed E-state index contributed by atoms with van der Waals surface area (Å²) in [4.78, 5) is 32.7. The Bertz CT molecular complexity index is 856. The molecular formula is C17H23N5O4. The van der Waals surface area contributed by atoms with Gasteiger partial charge in [-0.15, -0.1) is 0 Å². The molecule has 2 atom stereocenters. The van der Waals surface area contributed by atoms with Crippen LogP contribution in [0, 0.1) is 12.8 Å². The van der Waals surface area contributed by atoms with Gasteiger partial charge >= 0.3 is 0 Å². The van der Waals surface area contributed by atoms with Crippen molar-refractivity contribution < 1.29 is 14.3 Å². The van der Waals surface area contributed by atoms with Gasteiger partial charge in [-0.3, -0.25) is 14.7 Å². The fourth-order valence-electron chi connectivity index (χ4n) is 3.12. The van der Waals surface area contributed by atoms with Gasteiger partial charge in [0, 0.05) is 25.0 Å². The number of hydrogen-bond acceptors (Lipinski definition) is 6. The lowest BCUT2D eigenvalue weighted by atomic mass is 10.1. The molecule has 0 spiro atoms. The molecule has 9 nitrogen and oxygen atoms in total. The van der Waals surface area contributed by atoms with Crippen LogP contribution in [0.1, 0.15) is 30.8 Å². The van der Waals surface area contributed by atoms with E-state index in [0.29, 0.717) is 30.7 Å². The van der Waals surface area contributed by atoms with Gasteiger partial charge in [-0.2, -0.15) is 9.50 Å². The lowest BCUT2D eigenvalue weighted by molar-refractivity contribution is -0.125. The van der Waals surface area contributed by atoms with E-state index in [1.54, 1.807) is 6.92 Å². The summed E-state index contributed by atoms with van der Waals surface area (Å²) >= 11 is 0. The summed E-state index contributed by atoms with van der Waals surface area (Å²) in [5.41, 5.74) is 0.341. The highest BCUT2D eigenvalue weighted by Gasteiger charge is 2.30. The number of hydrogen-bond donors (Lipinski definition) is 2. The van der Waals surface area contributed by atoms with Crippen LogP contribution in [0.3, 0.4) is 0 Å². The van der Waals surface area contributed by atoms with Gasteiger partial charge in [0.2, 0.25) is 5.91 Å². The molecule has 3 heterocycles. The Balaban J connectivity index is 1.39. The highest BCUT2D eigenvalue weighted by atomic mass is 16.5. The third kappa shape index (κ3) is 3.94. The molecule has 4 rings (SSSR count). The average molecular weight is 361 g/mol. The lowest BCUT2D eigenvalue weighted by Gasteiger charge is -2.32. The maximum Gasteiger partial charge on any atom is 0.274 e. The number of fused-ring (bicyclic) bond motifs is 1. The fraction of sp³-hybridized carbons (Fsp3) is 0.647. The van der Waals surface area contributed by atoms with Gasteiger partial charge in [0.05, 0.1) is 25.2 Å². The highest BCUT2D eigenvalue weighted by Crippen LogP contribution is 2.30. The molecule has 0 radical (unpaired) electrons. The van der Waals surface area contributed by atoms with Crippen LogP contribution in [-0.4, -0.2) is 57.5 Å². The number of carbonyl (C=O) groups is 1. The van der Waals surface area contributed by atoms with Crippen molar-refractivity contribution in [2.75, 3.05) is 19.8 Å². The molecule has 0 unspecified atom stereocenters. The van der Waals surface area contributed by atoms with Crippen molar-refractivity contribution in [2.24, 2.45) is 5.92 Å². The number of aryl methyl sites for hydroxylation is 1. The maximum atomic E-state index is 12.4. The van der Waals surface area contributed by atoms with Crippen molar-refractivity contribution in [3.8, 4) is 0 Å².